The summed E-state index contributed by atoms with van der Waals surface area (Å²) in [6, 6.07) is 7.32. The third-order valence-electron chi connectivity index (χ3n) is 5.19. The Bertz CT molecular complexity index is 883. The van der Waals surface area contributed by atoms with Crippen molar-refractivity contribution < 1.29 is 23.6 Å². The van der Waals surface area contributed by atoms with Gasteiger partial charge in [0.05, 0.1) is 37.8 Å². The summed E-state index contributed by atoms with van der Waals surface area (Å²) in [6.45, 7) is 1.69. The molecule has 1 N–H and O–H groups in total. The van der Waals surface area contributed by atoms with Crippen LogP contribution in [-0.2, 0) is 20.7 Å². The number of fused-ring (bicyclic) bond motifs is 3. The van der Waals surface area contributed by atoms with Gasteiger partial charge in [-0.1, -0.05) is 17.3 Å². The first-order chi connectivity index (χ1) is 14.1. The molecule has 2 bridgehead atoms. The number of hydrogen-bond acceptors (Lipinski definition) is 7. The van der Waals surface area contributed by atoms with E-state index in [1.165, 1.54) is 0 Å². The van der Waals surface area contributed by atoms with Gasteiger partial charge in [0.2, 0.25) is 23.5 Å². The second-order valence-electron chi connectivity index (χ2n) is 7.30. The van der Waals surface area contributed by atoms with Gasteiger partial charge in [-0.15, -0.1) is 0 Å². The molecule has 2 fully saturated rings. The lowest BCUT2D eigenvalue weighted by Crippen LogP contribution is -2.44. The van der Waals surface area contributed by atoms with Gasteiger partial charge in [0.15, 0.2) is 0 Å². The van der Waals surface area contributed by atoms with E-state index in [9.17, 15) is 9.59 Å². The smallest absolute Gasteiger partial charge is 0.227 e. The zero-order chi connectivity index (χ0) is 20.2. The first-order valence-corrected chi connectivity index (χ1v) is 9.76. The van der Waals surface area contributed by atoms with Crippen LogP contribution in [0.4, 0.5) is 0 Å². The Balaban J connectivity index is 1.32. The maximum absolute atomic E-state index is 12.7. The largest absolute Gasteiger partial charge is 0.496 e. The van der Waals surface area contributed by atoms with Gasteiger partial charge in [0.25, 0.3) is 0 Å². The molecule has 1 aromatic heterocycles. The van der Waals surface area contributed by atoms with Gasteiger partial charge in [-0.05, 0) is 18.6 Å². The molecule has 0 radical (unpaired) electrons. The van der Waals surface area contributed by atoms with Gasteiger partial charge in [-0.3, -0.25) is 9.59 Å². The second-order valence-corrected chi connectivity index (χ2v) is 7.30. The van der Waals surface area contributed by atoms with Crippen LogP contribution in [0.15, 0.2) is 28.8 Å². The molecule has 29 heavy (non-hydrogen) atoms. The Morgan fingerprint density at radius 2 is 2.17 bits per heavy atom. The van der Waals surface area contributed by atoms with Crippen molar-refractivity contribution in [2.75, 3.05) is 33.4 Å². The third-order valence-corrected chi connectivity index (χ3v) is 5.19. The van der Waals surface area contributed by atoms with Crippen LogP contribution in [-0.4, -0.2) is 66.3 Å². The van der Waals surface area contributed by atoms with Crippen molar-refractivity contribution in [1.29, 1.82) is 0 Å². The summed E-state index contributed by atoms with van der Waals surface area (Å²) < 4.78 is 16.2. The molecule has 1 aromatic carbocycles. The minimum atomic E-state index is -0.300. The maximum atomic E-state index is 12.7. The molecule has 0 unspecified atom stereocenters. The van der Waals surface area contributed by atoms with E-state index in [4.69, 9.17) is 14.0 Å². The van der Waals surface area contributed by atoms with Gasteiger partial charge in [0, 0.05) is 25.9 Å². The van der Waals surface area contributed by atoms with Crippen LogP contribution in [0.5, 0.6) is 5.75 Å². The predicted molar refractivity (Wildman–Crippen MR) is 102 cm³/mol. The van der Waals surface area contributed by atoms with E-state index in [0.717, 1.165) is 5.56 Å². The topological polar surface area (TPSA) is 107 Å². The van der Waals surface area contributed by atoms with Crippen LogP contribution in [0, 0.1) is 5.92 Å². The predicted octanol–water partition coefficient (Wildman–Crippen LogP) is 1.04. The van der Waals surface area contributed by atoms with Crippen molar-refractivity contribution in [3.05, 3.63) is 30.2 Å². The monoisotopic (exact) mass is 400 g/mol. The summed E-state index contributed by atoms with van der Waals surface area (Å²) in [4.78, 5) is 30.9. The van der Waals surface area contributed by atoms with Crippen LogP contribution in [0.1, 0.15) is 18.7 Å². The van der Waals surface area contributed by atoms with Gasteiger partial charge in [-0.25, -0.2) is 0 Å². The molecule has 3 heterocycles. The van der Waals surface area contributed by atoms with Gasteiger partial charge < -0.3 is 24.2 Å². The first-order valence-electron chi connectivity index (χ1n) is 9.76. The Hall–Kier alpha value is -2.94. The highest BCUT2D eigenvalue weighted by atomic mass is 16.5. The number of hydrogen-bond donors (Lipinski definition) is 1. The van der Waals surface area contributed by atoms with Gasteiger partial charge >= 0.3 is 0 Å². The van der Waals surface area contributed by atoms with Crippen molar-refractivity contribution in [3.8, 4) is 17.1 Å². The standard InChI is InChI=1S/C20H24N4O5/c1-27-16-6-3-2-5-15(16)19-22-17(29-23-19)7-4-8-18(25)24-9-13-11-28-12-14(10-24)21-20(13)26/h2-3,5-6,13-14H,4,7-12H2,1H3,(H,21,26)/t13-,14+/m1/s1. The molecular formula is C20H24N4O5. The first kappa shape index (κ1) is 19.4. The van der Waals surface area contributed by atoms with E-state index in [2.05, 4.69) is 15.5 Å². The molecule has 0 saturated carbocycles. The molecule has 2 aliphatic rings. The fourth-order valence-corrected chi connectivity index (χ4v) is 3.68. The number of aromatic nitrogens is 2. The number of rotatable bonds is 6. The second kappa shape index (κ2) is 8.60. The average molecular weight is 400 g/mol. The molecule has 9 nitrogen and oxygen atoms in total. The zero-order valence-electron chi connectivity index (χ0n) is 16.3. The summed E-state index contributed by atoms with van der Waals surface area (Å²) in [5.74, 6) is 1.32. The van der Waals surface area contributed by atoms with Crippen molar-refractivity contribution in [2.24, 2.45) is 5.92 Å². The molecule has 154 valence electrons. The number of carbonyl (C=O) groups is 2. The van der Waals surface area contributed by atoms with E-state index in [-0.39, 0.29) is 23.8 Å². The summed E-state index contributed by atoms with van der Waals surface area (Å²) in [6.07, 6.45) is 1.46. The lowest BCUT2D eigenvalue weighted by molar-refractivity contribution is -0.133. The third kappa shape index (κ3) is 4.40. The van der Waals surface area contributed by atoms with E-state index in [1.54, 1.807) is 12.0 Å². The number of benzene rings is 1. The molecule has 2 aromatic rings. The Morgan fingerprint density at radius 3 is 3.03 bits per heavy atom. The quantitative estimate of drug-likeness (QED) is 0.772. The number of methoxy groups -OCH3 is 1. The van der Waals surface area contributed by atoms with E-state index >= 15 is 0 Å². The Labute approximate surface area is 168 Å². The number of ether oxygens (including phenoxy) is 2. The van der Waals surface area contributed by atoms with Crippen molar-refractivity contribution >= 4 is 11.8 Å². The van der Waals surface area contributed by atoms with E-state index in [0.29, 0.717) is 63.0 Å². The minimum absolute atomic E-state index is 0.0301. The van der Waals surface area contributed by atoms with Crippen LogP contribution in [0.25, 0.3) is 11.4 Å². The maximum Gasteiger partial charge on any atom is 0.227 e. The fraction of sp³-hybridized carbons (Fsp3) is 0.500. The molecule has 0 aliphatic carbocycles. The van der Waals surface area contributed by atoms with E-state index < -0.39 is 0 Å². The molecule has 0 spiro atoms. The number of carbonyl (C=O) groups excluding carboxylic acids is 2. The Morgan fingerprint density at radius 1 is 1.31 bits per heavy atom. The summed E-state index contributed by atoms with van der Waals surface area (Å²) in [7, 11) is 1.59. The van der Waals surface area contributed by atoms with Crippen molar-refractivity contribution in [3.63, 3.8) is 0 Å². The van der Waals surface area contributed by atoms with Crippen LogP contribution in [0.3, 0.4) is 0 Å². The lowest BCUT2D eigenvalue weighted by atomic mass is 10.1. The normalized spacial score (nSPS) is 21.4. The van der Waals surface area contributed by atoms with Gasteiger partial charge in [-0.2, -0.15) is 4.98 Å². The molecule has 2 atom stereocenters. The van der Waals surface area contributed by atoms with Crippen LogP contribution in [0.2, 0.25) is 0 Å². The molecule has 2 saturated heterocycles. The highest BCUT2D eigenvalue weighted by Gasteiger charge is 2.34. The molecule has 9 heteroatoms. The summed E-state index contributed by atoms with van der Waals surface area (Å²) in [5.41, 5.74) is 0.761. The summed E-state index contributed by atoms with van der Waals surface area (Å²) >= 11 is 0. The zero-order valence-corrected chi connectivity index (χ0v) is 16.3. The molecule has 2 aliphatic heterocycles. The number of nitrogens with one attached hydrogen (secondary N) is 1. The fourth-order valence-electron chi connectivity index (χ4n) is 3.68. The number of aryl methyl sites for hydroxylation is 1. The van der Waals surface area contributed by atoms with Gasteiger partial charge in [0.1, 0.15) is 5.75 Å². The SMILES string of the molecule is COc1ccccc1-c1noc(CCCC(=O)N2C[C@H]3COC[C@@H](C2)C(=O)N3)n1. The van der Waals surface area contributed by atoms with Crippen LogP contribution < -0.4 is 10.1 Å². The molecule has 4 rings (SSSR count). The number of amides is 2. The number of para-hydroxylation sites is 1. The van der Waals surface area contributed by atoms with E-state index in [1.807, 2.05) is 24.3 Å². The highest BCUT2D eigenvalue weighted by molar-refractivity contribution is 5.82. The van der Waals surface area contributed by atoms with Crippen molar-refractivity contribution in [2.45, 2.75) is 25.3 Å². The lowest BCUT2D eigenvalue weighted by Gasteiger charge is -2.27. The Kier molecular flexibility index (Phi) is 5.75. The number of nitrogens with zero attached hydrogens (tertiary/aromatic N) is 3. The van der Waals surface area contributed by atoms with Crippen LogP contribution >= 0.6 is 0 Å². The molecule has 2 amide bonds. The average Bonchev–Trinajstić information content (AvgIpc) is 3.03. The highest BCUT2D eigenvalue weighted by Crippen LogP contribution is 2.27. The minimum Gasteiger partial charge on any atom is -0.496 e. The van der Waals surface area contributed by atoms with Crippen molar-refractivity contribution in [1.82, 2.24) is 20.4 Å². The summed E-state index contributed by atoms with van der Waals surface area (Å²) in [5, 5.41) is 6.95. The molecular weight excluding hydrogens is 376 g/mol.